The number of hydrogen-bond donors (Lipinski definition) is 1. The number of carbonyl (C=O) groups is 1. The summed E-state index contributed by atoms with van der Waals surface area (Å²) in [5.41, 5.74) is 6.57. The first kappa shape index (κ1) is 11.9. The van der Waals surface area contributed by atoms with Crippen LogP contribution in [0.1, 0.15) is 24.2 Å². The summed E-state index contributed by atoms with van der Waals surface area (Å²) in [6, 6.07) is 5.41. The minimum Gasteiger partial charge on any atom is -0.465 e. The number of nitrogens with two attached hydrogens (primary N) is 1. The van der Waals surface area contributed by atoms with E-state index in [0.29, 0.717) is 16.5 Å². The number of esters is 1. The highest BCUT2D eigenvalue weighted by atomic mass is 32.2. The molecule has 0 aromatic heterocycles. The van der Waals surface area contributed by atoms with Crippen molar-refractivity contribution in [2.75, 3.05) is 12.8 Å². The number of hydrogen-bond acceptors (Lipinski definition) is 4. The molecule has 1 aromatic rings. The lowest BCUT2D eigenvalue weighted by Gasteiger charge is -2.08. The number of anilines is 1. The Morgan fingerprint density at radius 3 is 2.67 bits per heavy atom. The fraction of sp³-hybridized carbons (Fsp3) is 0.364. The summed E-state index contributed by atoms with van der Waals surface area (Å²) in [6.07, 6.45) is 0. The molecule has 4 heteroatoms. The van der Waals surface area contributed by atoms with Crippen LogP contribution in [0.5, 0.6) is 0 Å². The summed E-state index contributed by atoms with van der Waals surface area (Å²) in [5.74, 6) is -0.390. The van der Waals surface area contributed by atoms with Crippen molar-refractivity contribution >= 4 is 23.4 Å². The number of thioether (sulfide) groups is 1. The number of carbonyl (C=O) groups excluding carboxylic acids is 1. The molecule has 0 saturated carbocycles. The predicted octanol–water partition coefficient (Wildman–Crippen LogP) is 2.56. The van der Waals surface area contributed by atoms with Crippen LogP contribution in [-0.2, 0) is 4.74 Å². The molecule has 0 bridgehead atoms. The maximum absolute atomic E-state index is 11.4. The van der Waals surface area contributed by atoms with Crippen molar-refractivity contribution in [3.05, 3.63) is 23.8 Å². The molecule has 0 atom stereocenters. The molecule has 0 radical (unpaired) electrons. The predicted molar refractivity (Wildman–Crippen MR) is 63.2 cm³/mol. The highest BCUT2D eigenvalue weighted by Gasteiger charge is 2.11. The Bertz CT molecular complexity index is 364. The Labute approximate surface area is 94.0 Å². The Morgan fingerprint density at radius 2 is 2.13 bits per heavy atom. The van der Waals surface area contributed by atoms with Gasteiger partial charge in [0.15, 0.2) is 0 Å². The average Bonchev–Trinajstić information content (AvgIpc) is 2.19. The summed E-state index contributed by atoms with van der Waals surface area (Å²) in [7, 11) is 1.35. The Balaban J connectivity index is 3.00. The summed E-state index contributed by atoms with van der Waals surface area (Å²) < 4.78 is 4.65. The fourth-order valence-electron chi connectivity index (χ4n) is 1.17. The van der Waals surface area contributed by atoms with Gasteiger partial charge in [-0.15, -0.1) is 11.8 Å². The van der Waals surface area contributed by atoms with Gasteiger partial charge < -0.3 is 10.5 Å². The zero-order chi connectivity index (χ0) is 11.4. The second-order valence-corrected chi connectivity index (χ2v) is 5.06. The van der Waals surface area contributed by atoms with Crippen LogP contribution in [-0.4, -0.2) is 18.3 Å². The standard InChI is InChI=1S/C11H15NO2S/c1-7(2)15-8-4-5-10(12)9(6-8)11(13)14-3/h4-7H,12H2,1-3H3. The molecular formula is C11H15NO2S. The third-order valence-electron chi connectivity index (χ3n) is 1.80. The van der Waals surface area contributed by atoms with E-state index in [4.69, 9.17) is 5.73 Å². The zero-order valence-electron chi connectivity index (χ0n) is 9.11. The van der Waals surface area contributed by atoms with Gasteiger partial charge in [-0.3, -0.25) is 0 Å². The summed E-state index contributed by atoms with van der Waals surface area (Å²) in [4.78, 5) is 12.4. The van der Waals surface area contributed by atoms with Gasteiger partial charge in [0.1, 0.15) is 0 Å². The number of ether oxygens (including phenoxy) is 1. The second-order valence-electron chi connectivity index (χ2n) is 3.41. The van der Waals surface area contributed by atoms with Crippen molar-refractivity contribution in [3.63, 3.8) is 0 Å². The van der Waals surface area contributed by atoms with Gasteiger partial charge in [-0.2, -0.15) is 0 Å². The molecule has 3 nitrogen and oxygen atoms in total. The number of nitrogen functional groups attached to an aromatic ring is 1. The van der Waals surface area contributed by atoms with Crippen LogP contribution in [0.3, 0.4) is 0 Å². The van der Waals surface area contributed by atoms with Crippen molar-refractivity contribution in [2.45, 2.75) is 24.0 Å². The van der Waals surface area contributed by atoms with Crippen molar-refractivity contribution in [1.29, 1.82) is 0 Å². The SMILES string of the molecule is COC(=O)c1cc(SC(C)C)ccc1N. The molecule has 0 aliphatic rings. The number of methoxy groups -OCH3 is 1. The van der Waals surface area contributed by atoms with Crippen molar-refractivity contribution in [1.82, 2.24) is 0 Å². The van der Waals surface area contributed by atoms with E-state index in [-0.39, 0.29) is 0 Å². The minimum absolute atomic E-state index is 0.390. The summed E-state index contributed by atoms with van der Waals surface area (Å²) in [6.45, 7) is 4.19. The number of rotatable bonds is 3. The molecule has 0 heterocycles. The Morgan fingerprint density at radius 1 is 1.47 bits per heavy atom. The molecule has 0 saturated heterocycles. The number of benzene rings is 1. The lowest BCUT2D eigenvalue weighted by Crippen LogP contribution is -2.05. The smallest absolute Gasteiger partial charge is 0.339 e. The van der Waals surface area contributed by atoms with E-state index in [0.717, 1.165) is 4.90 Å². The molecule has 0 aliphatic heterocycles. The fourth-order valence-corrected chi connectivity index (χ4v) is 2.04. The quantitative estimate of drug-likeness (QED) is 0.488. The van der Waals surface area contributed by atoms with Crippen LogP contribution in [0.2, 0.25) is 0 Å². The summed E-state index contributed by atoms with van der Waals surface area (Å²) >= 11 is 1.69. The molecule has 15 heavy (non-hydrogen) atoms. The molecule has 0 fully saturated rings. The third-order valence-corrected chi connectivity index (χ3v) is 2.80. The highest BCUT2D eigenvalue weighted by molar-refractivity contribution is 7.99. The van der Waals surface area contributed by atoms with Crippen LogP contribution >= 0.6 is 11.8 Å². The molecule has 0 spiro atoms. The lowest BCUT2D eigenvalue weighted by molar-refractivity contribution is 0.0601. The van der Waals surface area contributed by atoms with Gasteiger partial charge in [0.25, 0.3) is 0 Å². The van der Waals surface area contributed by atoms with E-state index >= 15 is 0 Å². The molecule has 0 unspecified atom stereocenters. The van der Waals surface area contributed by atoms with Gasteiger partial charge in [-0.05, 0) is 18.2 Å². The molecule has 1 rings (SSSR count). The van der Waals surface area contributed by atoms with Crippen LogP contribution in [0.25, 0.3) is 0 Å². The van der Waals surface area contributed by atoms with E-state index in [1.165, 1.54) is 7.11 Å². The average molecular weight is 225 g/mol. The van der Waals surface area contributed by atoms with Crippen LogP contribution in [0.4, 0.5) is 5.69 Å². The monoisotopic (exact) mass is 225 g/mol. The maximum Gasteiger partial charge on any atom is 0.339 e. The third kappa shape index (κ3) is 3.16. The minimum atomic E-state index is -0.390. The lowest BCUT2D eigenvalue weighted by atomic mass is 10.2. The second kappa shape index (κ2) is 5.07. The Hall–Kier alpha value is -1.16. The molecular weight excluding hydrogens is 210 g/mol. The first-order valence-electron chi connectivity index (χ1n) is 4.69. The van der Waals surface area contributed by atoms with Crippen LogP contribution < -0.4 is 5.73 Å². The molecule has 1 aromatic carbocycles. The van der Waals surface area contributed by atoms with E-state index in [2.05, 4.69) is 18.6 Å². The zero-order valence-corrected chi connectivity index (χ0v) is 9.93. The van der Waals surface area contributed by atoms with Gasteiger partial charge in [-0.25, -0.2) is 4.79 Å². The van der Waals surface area contributed by atoms with Crippen molar-refractivity contribution < 1.29 is 9.53 Å². The van der Waals surface area contributed by atoms with Crippen LogP contribution in [0, 0.1) is 0 Å². The van der Waals surface area contributed by atoms with Crippen molar-refractivity contribution in [2.24, 2.45) is 0 Å². The topological polar surface area (TPSA) is 52.3 Å². The van der Waals surface area contributed by atoms with Crippen molar-refractivity contribution in [3.8, 4) is 0 Å². The van der Waals surface area contributed by atoms with Gasteiger partial charge >= 0.3 is 5.97 Å². The molecule has 2 N–H and O–H groups in total. The first-order valence-corrected chi connectivity index (χ1v) is 5.57. The van der Waals surface area contributed by atoms with Crippen LogP contribution in [0.15, 0.2) is 23.1 Å². The van der Waals surface area contributed by atoms with Gasteiger partial charge in [0.2, 0.25) is 0 Å². The van der Waals surface area contributed by atoms with Gasteiger partial charge in [-0.1, -0.05) is 13.8 Å². The van der Waals surface area contributed by atoms with Gasteiger partial charge in [0.05, 0.1) is 12.7 Å². The van der Waals surface area contributed by atoms with E-state index in [1.807, 2.05) is 6.07 Å². The molecule has 0 amide bonds. The largest absolute Gasteiger partial charge is 0.465 e. The maximum atomic E-state index is 11.4. The molecule has 82 valence electrons. The van der Waals surface area contributed by atoms with Gasteiger partial charge in [0, 0.05) is 15.8 Å². The molecule has 0 aliphatic carbocycles. The van der Waals surface area contributed by atoms with E-state index in [1.54, 1.807) is 23.9 Å². The van der Waals surface area contributed by atoms with E-state index < -0.39 is 5.97 Å². The first-order chi connectivity index (χ1) is 7.04. The highest BCUT2D eigenvalue weighted by Crippen LogP contribution is 2.26. The normalized spacial score (nSPS) is 10.4. The summed E-state index contributed by atoms with van der Waals surface area (Å²) in [5, 5.41) is 0.471. The Kier molecular flexibility index (Phi) is 4.03. The van der Waals surface area contributed by atoms with E-state index in [9.17, 15) is 4.79 Å².